The molecule has 1 heterocycles. The summed E-state index contributed by atoms with van der Waals surface area (Å²) in [6.45, 7) is 2.80. The molecule has 0 aliphatic carbocycles. The molecule has 0 spiro atoms. The van der Waals surface area contributed by atoms with Crippen molar-refractivity contribution in [1.29, 1.82) is 0 Å². The summed E-state index contributed by atoms with van der Waals surface area (Å²) in [5.41, 5.74) is 0.838. The van der Waals surface area contributed by atoms with E-state index in [9.17, 15) is 5.11 Å². The molecular formula is C15H18ClNOS. The second-order valence-electron chi connectivity index (χ2n) is 4.49. The molecule has 0 fully saturated rings. The first-order valence-corrected chi connectivity index (χ1v) is 7.71. The third-order valence-corrected chi connectivity index (χ3v) is 4.36. The highest BCUT2D eigenvalue weighted by atomic mass is 35.5. The van der Waals surface area contributed by atoms with Gasteiger partial charge in [0, 0.05) is 23.0 Å². The highest BCUT2D eigenvalue weighted by Gasteiger charge is 2.12. The van der Waals surface area contributed by atoms with Gasteiger partial charge in [-0.1, -0.05) is 43.1 Å². The van der Waals surface area contributed by atoms with Crippen molar-refractivity contribution in [3.8, 4) is 5.75 Å². The molecule has 0 saturated heterocycles. The lowest BCUT2D eigenvalue weighted by Gasteiger charge is -2.17. The lowest BCUT2D eigenvalue weighted by atomic mass is 10.1. The first kappa shape index (κ1) is 14.4. The molecule has 0 amide bonds. The molecule has 102 valence electrons. The van der Waals surface area contributed by atoms with Gasteiger partial charge in [0.05, 0.1) is 5.02 Å². The Hall–Kier alpha value is -1.03. The minimum Gasteiger partial charge on any atom is -0.506 e. The summed E-state index contributed by atoms with van der Waals surface area (Å²) < 4.78 is 0. The Kier molecular flexibility index (Phi) is 5.25. The minimum atomic E-state index is 0.179. The number of rotatable bonds is 6. The lowest BCUT2D eigenvalue weighted by Crippen LogP contribution is -2.20. The van der Waals surface area contributed by atoms with E-state index in [0.29, 0.717) is 17.6 Å². The quantitative estimate of drug-likeness (QED) is 0.807. The van der Waals surface area contributed by atoms with Gasteiger partial charge in [-0.3, -0.25) is 0 Å². The topological polar surface area (TPSA) is 32.3 Å². The largest absolute Gasteiger partial charge is 0.506 e. The summed E-state index contributed by atoms with van der Waals surface area (Å²) in [6, 6.07) is 10.0. The van der Waals surface area contributed by atoms with Crippen molar-refractivity contribution in [2.75, 3.05) is 0 Å². The van der Waals surface area contributed by atoms with Gasteiger partial charge in [0.15, 0.2) is 0 Å². The molecule has 0 radical (unpaired) electrons. The number of benzene rings is 1. The van der Waals surface area contributed by atoms with E-state index in [4.69, 9.17) is 11.6 Å². The smallest absolute Gasteiger partial charge is 0.138 e. The average molecular weight is 296 g/mol. The molecule has 0 aliphatic rings. The minimum absolute atomic E-state index is 0.179. The normalized spacial score (nSPS) is 12.5. The monoisotopic (exact) mass is 295 g/mol. The van der Waals surface area contributed by atoms with Crippen LogP contribution in [0.15, 0.2) is 35.7 Å². The summed E-state index contributed by atoms with van der Waals surface area (Å²) in [5.74, 6) is 0.179. The number of phenolic OH excluding ortho intramolecular Hbond substituents is 1. The molecule has 1 aromatic carbocycles. The van der Waals surface area contributed by atoms with Crippen molar-refractivity contribution < 1.29 is 5.11 Å². The van der Waals surface area contributed by atoms with Crippen LogP contribution in [-0.4, -0.2) is 5.11 Å². The third-order valence-electron chi connectivity index (χ3n) is 3.07. The Labute approximate surface area is 123 Å². The first-order chi connectivity index (χ1) is 9.22. The lowest BCUT2D eigenvalue weighted by molar-refractivity contribution is 0.452. The Morgan fingerprint density at radius 1 is 1.32 bits per heavy atom. The molecule has 2 nitrogen and oxygen atoms in total. The highest BCUT2D eigenvalue weighted by molar-refractivity contribution is 7.10. The van der Waals surface area contributed by atoms with Crippen molar-refractivity contribution in [1.82, 2.24) is 5.32 Å². The molecule has 2 rings (SSSR count). The van der Waals surface area contributed by atoms with Crippen LogP contribution in [0.4, 0.5) is 0 Å². The van der Waals surface area contributed by atoms with Crippen molar-refractivity contribution in [3.63, 3.8) is 0 Å². The van der Waals surface area contributed by atoms with Crippen LogP contribution in [-0.2, 0) is 6.54 Å². The van der Waals surface area contributed by atoms with Crippen molar-refractivity contribution >= 4 is 22.9 Å². The van der Waals surface area contributed by atoms with Crippen LogP contribution < -0.4 is 5.32 Å². The maximum absolute atomic E-state index is 9.90. The van der Waals surface area contributed by atoms with E-state index in [-0.39, 0.29) is 5.75 Å². The molecule has 4 heteroatoms. The summed E-state index contributed by atoms with van der Waals surface area (Å²) >= 11 is 7.68. The van der Waals surface area contributed by atoms with Crippen LogP contribution in [0.25, 0.3) is 0 Å². The van der Waals surface area contributed by atoms with Crippen LogP contribution in [0.3, 0.4) is 0 Å². The second kappa shape index (κ2) is 6.94. The van der Waals surface area contributed by atoms with Gasteiger partial charge in [-0.15, -0.1) is 11.3 Å². The molecule has 0 bridgehead atoms. The number of aromatic hydroxyl groups is 1. The molecule has 2 aromatic rings. The molecule has 1 aromatic heterocycles. The van der Waals surface area contributed by atoms with E-state index < -0.39 is 0 Å². The number of halogens is 1. The third kappa shape index (κ3) is 3.72. The van der Waals surface area contributed by atoms with Crippen LogP contribution in [0.2, 0.25) is 5.02 Å². The number of para-hydroxylation sites is 1. The Morgan fingerprint density at radius 3 is 2.84 bits per heavy atom. The fourth-order valence-corrected chi connectivity index (χ4v) is 3.09. The number of hydrogen-bond acceptors (Lipinski definition) is 3. The van der Waals surface area contributed by atoms with Gasteiger partial charge in [-0.25, -0.2) is 0 Å². The fraction of sp³-hybridized carbons (Fsp3) is 0.333. The molecular weight excluding hydrogens is 278 g/mol. The Balaban J connectivity index is 2.05. The standard InChI is InChI=1S/C15H18ClNOS/c1-2-5-13(14-8-4-9-19-14)17-10-11-6-3-7-12(16)15(11)18/h3-4,6-9,13,17-18H,2,5,10H2,1H3. The molecule has 19 heavy (non-hydrogen) atoms. The van der Waals surface area contributed by atoms with Gasteiger partial charge < -0.3 is 10.4 Å². The first-order valence-electron chi connectivity index (χ1n) is 6.45. The number of nitrogens with one attached hydrogen (secondary N) is 1. The van der Waals surface area contributed by atoms with Gasteiger partial charge in [0.2, 0.25) is 0 Å². The van der Waals surface area contributed by atoms with Crippen molar-refractivity contribution in [3.05, 3.63) is 51.2 Å². The molecule has 1 atom stereocenters. The molecule has 0 saturated carbocycles. The zero-order chi connectivity index (χ0) is 13.7. The van der Waals surface area contributed by atoms with Crippen LogP contribution in [0.1, 0.15) is 36.2 Å². The van der Waals surface area contributed by atoms with Gasteiger partial charge in [-0.2, -0.15) is 0 Å². The maximum Gasteiger partial charge on any atom is 0.138 e. The van der Waals surface area contributed by atoms with E-state index in [2.05, 4.69) is 29.8 Å². The van der Waals surface area contributed by atoms with Crippen LogP contribution in [0.5, 0.6) is 5.75 Å². The van der Waals surface area contributed by atoms with Gasteiger partial charge in [-0.05, 0) is 23.9 Å². The summed E-state index contributed by atoms with van der Waals surface area (Å²) in [5, 5.41) is 15.9. The van der Waals surface area contributed by atoms with Crippen LogP contribution in [0, 0.1) is 0 Å². The van der Waals surface area contributed by atoms with Crippen LogP contribution >= 0.6 is 22.9 Å². The van der Waals surface area contributed by atoms with E-state index >= 15 is 0 Å². The average Bonchev–Trinajstić information content (AvgIpc) is 2.93. The van der Waals surface area contributed by atoms with E-state index in [0.717, 1.165) is 18.4 Å². The fourth-order valence-electron chi connectivity index (χ4n) is 2.06. The Bertz CT molecular complexity index is 513. The zero-order valence-corrected chi connectivity index (χ0v) is 12.5. The summed E-state index contributed by atoms with van der Waals surface area (Å²) in [4.78, 5) is 1.34. The predicted molar refractivity (Wildman–Crippen MR) is 81.9 cm³/mol. The molecule has 0 aliphatic heterocycles. The molecule has 2 N–H and O–H groups in total. The summed E-state index contributed by atoms with van der Waals surface area (Å²) in [7, 11) is 0. The van der Waals surface area contributed by atoms with E-state index in [1.54, 1.807) is 17.4 Å². The van der Waals surface area contributed by atoms with Crippen molar-refractivity contribution in [2.45, 2.75) is 32.4 Å². The number of thiophene rings is 1. The number of phenols is 1. The van der Waals surface area contributed by atoms with E-state index in [1.807, 2.05) is 12.1 Å². The van der Waals surface area contributed by atoms with Crippen molar-refractivity contribution in [2.24, 2.45) is 0 Å². The number of hydrogen-bond donors (Lipinski definition) is 2. The highest BCUT2D eigenvalue weighted by Crippen LogP contribution is 2.28. The van der Waals surface area contributed by atoms with Gasteiger partial charge in [0.25, 0.3) is 0 Å². The zero-order valence-electron chi connectivity index (χ0n) is 10.9. The van der Waals surface area contributed by atoms with Gasteiger partial charge in [0.1, 0.15) is 5.75 Å². The van der Waals surface area contributed by atoms with E-state index in [1.165, 1.54) is 4.88 Å². The summed E-state index contributed by atoms with van der Waals surface area (Å²) in [6.07, 6.45) is 2.21. The second-order valence-corrected chi connectivity index (χ2v) is 5.87. The predicted octanol–water partition coefficient (Wildman–Crippen LogP) is 4.74. The van der Waals surface area contributed by atoms with Gasteiger partial charge >= 0.3 is 0 Å². The molecule has 1 unspecified atom stereocenters. The SMILES string of the molecule is CCCC(NCc1cccc(Cl)c1O)c1cccs1. The maximum atomic E-state index is 9.90. The Morgan fingerprint density at radius 2 is 2.16 bits per heavy atom.